The van der Waals surface area contributed by atoms with Crippen LogP contribution in [0.3, 0.4) is 0 Å². The molecule has 6 rings (SSSR count). The maximum atomic E-state index is 11.8. The van der Waals surface area contributed by atoms with E-state index in [1.54, 1.807) is 0 Å². The van der Waals surface area contributed by atoms with E-state index in [4.69, 9.17) is 4.74 Å². The summed E-state index contributed by atoms with van der Waals surface area (Å²) in [7, 11) is 1.92. The molecule has 1 aromatic carbocycles. The number of ether oxygens (including phenoxy) is 1. The Bertz CT molecular complexity index is 1310. The zero-order chi connectivity index (χ0) is 24.8. The lowest BCUT2D eigenvalue weighted by atomic mass is 9.88. The third-order valence-electron chi connectivity index (χ3n) is 7.84. The molecule has 8 nitrogen and oxygen atoms in total. The molecule has 0 bridgehead atoms. The van der Waals surface area contributed by atoms with Crippen molar-refractivity contribution in [2.75, 3.05) is 31.5 Å². The van der Waals surface area contributed by atoms with Gasteiger partial charge in [-0.25, -0.2) is 4.98 Å². The predicted molar refractivity (Wildman–Crippen MR) is 141 cm³/mol. The summed E-state index contributed by atoms with van der Waals surface area (Å²) < 4.78 is 8.24. The van der Waals surface area contributed by atoms with Crippen LogP contribution in [0.2, 0.25) is 0 Å². The van der Waals surface area contributed by atoms with Gasteiger partial charge in [0.15, 0.2) is 0 Å². The van der Waals surface area contributed by atoms with E-state index in [0.717, 1.165) is 73.0 Å². The average Bonchev–Trinajstić information content (AvgIpc) is 3.24. The van der Waals surface area contributed by atoms with Gasteiger partial charge in [0.05, 0.1) is 11.9 Å². The zero-order valence-electron chi connectivity index (χ0n) is 20.9. The Labute approximate surface area is 213 Å². The van der Waals surface area contributed by atoms with E-state index in [1.165, 1.54) is 11.6 Å². The van der Waals surface area contributed by atoms with Crippen molar-refractivity contribution in [3.63, 3.8) is 0 Å². The quantitative estimate of drug-likeness (QED) is 0.548. The van der Waals surface area contributed by atoms with Crippen LogP contribution >= 0.6 is 0 Å². The minimum absolute atomic E-state index is 0. The number of aryl methyl sites for hydroxylation is 1. The molecule has 0 aliphatic carbocycles. The molecular weight excluding hydrogens is 452 g/mol. The molecule has 1 atom stereocenters. The molecular formula is C28H34N6O2. The van der Waals surface area contributed by atoms with E-state index in [0.29, 0.717) is 12.0 Å². The van der Waals surface area contributed by atoms with Crippen molar-refractivity contribution in [1.82, 2.24) is 24.6 Å². The first-order valence-corrected chi connectivity index (χ1v) is 12.7. The van der Waals surface area contributed by atoms with Gasteiger partial charge in [-0.05, 0) is 74.2 Å². The lowest BCUT2D eigenvalue weighted by Gasteiger charge is -2.47. The molecule has 2 aromatic heterocycles. The van der Waals surface area contributed by atoms with Gasteiger partial charge in [-0.2, -0.15) is 5.10 Å². The molecule has 5 heterocycles. The minimum Gasteiger partial charge on any atom is -0.484 e. The second-order valence-corrected chi connectivity index (χ2v) is 10.1. The third-order valence-corrected chi connectivity index (χ3v) is 7.84. The number of piperidine rings is 1. The normalized spacial score (nSPS) is 20.4. The largest absolute Gasteiger partial charge is 0.484 e. The summed E-state index contributed by atoms with van der Waals surface area (Å²) in [5.74, 6) is 2.23. The van der Waals surface area contributed by atoms with Gasteiger partial charge in [0, 0.05) is 51.1 Å². The van der Waals surface area contributed by atoms with Crippen LogP contribution in [0.25, 0.3) is 11.1 Å². The Morgan fingerprint density at radius 3 is 2.78 bits per heavy atom. The number of carbonyl (C=O) groups is 1. The number of fused-ring (bicyclic) bond motifs is 2. The standard InChI is InChI=1S/C28H32N6O2.H2/c1-4-26(35)34-16-22(17-34)33-11-8-19(9-12-33)20-5-6-25-24(13-20)31-28-27(18(2)36-25)23(7-10-29-28)21-14-30-32(3)15-21;/h4-7,10,13-15,18-19,22H,1,8-9,11-12,16-17H2,2-3H3,(H,29,31);1H/t18-;/m1./s1. The number of anilines is 2. The minimum atomic E-state index is -0.151. The second-order valence-electron chi connectivity index (χ2n) is 10.1. The molecule has 0 spiro atoms. The molecule has 2 fully saturated rings. The molecule has 2 saturated heterocycles. The second kappa shape index (κ2) is 9.09. The van der Waals surface area contributed by atoms with Crippen molar-refractivity contribution in [2.24, 2.45) is 7.05 Å². The first-order chi connectivity index (χ1) is 17.5. The first kappa shape index (κ1) is 22.8. The SMILES string of the molecule is C=CC(=O)N1CC(N2CCC(c3ccc4c(c3)Nc3nccc(-c5cnn(C)c5)c3[C@@H](C)O4)CC2)C1.[HH]. The Morgan fingerprint density at radius 2 is 2.06 bits per heavy atom. The third kappa shape index (κ3) is 4.05. The number of nitrogens with zero attached hydrogens (tertiary/aromatic N) is 5. The summed E-state index contributed by atoms with van der Waals surface area (Å²) in [6, 6.07) is 9.06. The number of likely N-dealkylation sites (tertiary alicyclic amines) is 2. The van der Waals surface area contributed by atoms with E-state index in [-0.39, 0.29) is 13.4 Å². The summed E-state index contributed by atoms with van der Waals surface area (Å²) in [6.45, 7) is 9.42. The summed E-state index contributed by atoms with van der Waals surface area (Å²) in [4.78, 5) is 20.8. The smallest absolute Gasteiger partial charge is 0.246 e. The lowest BCUT2D eigenvalue weighted by molar-refractivity contribution is -0.133. The van der Waals surface area contributed by atoms with Crippen molar-refractivity contribution in [3.8, 4) is 16.9 Å². The number of hydrogen-bond acceptors (Lipinski definition) is 6. The van der Waals surface area contributed by atoms with E-state index < -0.39 is 0 Å². The highest BCUT2D eigenvalue weighted by atomic mass is 16.5. The van der Waals surface area contributed by atoms with Crippen LogP contribution < -0.4 is 10.1 Å². The van der Waals surface area contributed by atoms with E-state index in [9.17, 15) is 4.79 Å². The van der Waals surface area contributed by atoms with Crippen molar-refractivity contribution in [1.29, 1.82) is 0 Å². The van der Waals surface area contributed by atoms with E-state index in [1.807, 2.05) is 41.3 Å². The molecule has 0 saturated carbocycles. The van der Waals surface area contributed by atoms with Gasteiger partial charge in [0.2, 0.25) is 5.91 Å². The number of carbonyl (C=O) groups excluding carboxylic acids is 1. The van der Waals surface area contributed by atoms with Gasteiger partial charge in [-0.1, -0.05) is 12.6 Å². The topological polar surface area (TPSA) is 75.5 Å². The molecule has 0 unspecified atom stereocenters. The maximum Gasteiger partial charge on any atom is 0.246 e. The number of hydrogen-bond donors (Lipinski definition) is 1. The molecule has 1 N–H and O–H groups in total. The Balaban J connectivity index is 0.00000280. The van der Waals surface area contributed by atoms with Crippen LogP contribution in [0, 0.1) is 0 Å². The highest BCUT2D eigenvalue weighted by Gasteiger charge is 2.36. The molecule has 188 valence electrons. The van der Waals surface area contributed by atoms with Crippen molar-refractivity contribution in [2.45, 2.75) is 37.8 Å². The number of amides is 1. The summed E-state index contributed by atoms with van der Waals surface area (Å²) in [6.07, 6.45) is 9.22. The van der Waals surface area contributed by atoms with Gasteiger partial charge < -0.3 is 15.0 Å². The van der Waals surface area contributed by atoms with Crippen molar-refractivity contribution < 1.29 is 11.0 Å². The Morgan fingerprint density at radius 1 is 1.25 bits per heavy atom. The molecule has 1 amide bonds. The van der Waals surface area contributed by atoms with Gasteiger partial charge in [-0.3, -0.25) is 14.4 Å². The molecule has 8 heteroatoms. The fourth-order valence-corrected chi connectivity index (χ4v) is 5.77. The van der Waals surface area contributed by atoms with Gasteiger partial charge >= 0.3 is 0 Å². The molecule has 36 heavy (non-hydrogen) atoms. The van der Waals surface area contributed by atoms with Crippen LogP contribution in [-0.4, -0.2) is 62.7 Å². The van der Waals surface area contributed by atoms with Gasteiger partial charge in [-0.15, -0.1) is 0 Å². The molecule has 3 aromatic rings. The number of rotatable bonds is 4. The Kier molecular flexibility index (Phi) is 5.76. The maximum absolute atomic E-state index is 11.8. The highest BCUT2D eigenvalue weighted by molar-refractivity contribution is 5.87. The lowest BCUT2D eigenvalue weighted by Crippen LogP contribution is -2.61. The van der Waals surface area contributed by atoms with Crippen molar-refractivity contribution in [3.05, 3.63) is 66.6 Å². The monoisotopic (exact) mass is 486 g/mol. The van der Waals surface area contributed by atoms with Gasteiger partial charge in [0.25, 0.3) is 0 Å². The van der Waals surface area contributed by atoms with Crippen LogP contribution in [0.15, 0.2) is 55.5 Å². The van der Waals surface area contributed by atoms with Crippen LogP contribution in [0.1, 0.15) is 44.3 Å². The number of benzene rings is 1. The van der Waals surface area contributed by atoms with Crippen molar-refractivity contribution >= 4 is 17.4 Å². The van der Waals surface area contributed by atoms with Gasteiger partial charge in [0.1, 0.15) is 17.7 Å². The Hall–Kier alpha value is -3.65. The van der Waals surface area contributed by atoms with Crippen LogP contribution in [0.4, 0.5) is 11.5 Å². The highest BCUT2D eigenvalue weighted by Crippen LogP contribution is 2.43. The predicted octanol–water partition coefficient (Wildman–Crippen LogP) is 4.50. The summed E-state index contributed by atoms with van der Waals surface area (Å²) >= 11 is 0. The first-order valence-electron chi connectivity index (χ1n) is 12.7. The van der Waals surface area contributed by atoms with Crippen LogP contribution in [0.5, 0.6) is 5.75 Å². The molecule has 3 aliphatic rings. The van der Waals surface area contributed by atoms with E-state index >= 15 is 0 Å². The van der Waals surface area contributed by atoms with Crippen LogP contribution in [-0.2, 0) is 11.8 Å². The molecule has 0 radical (unpaired) electrons. The number of nitrogens with one attached hydrogen (secondary N) is 1. The zero-order valence-corrected chi connectivity index (χ0v) is 20.9. The summed E-state index contributed by atoms with van der Waals surface area (Å²) in [5.41, 5.74) is 5.48. The fraction of sp³-hybridized carbons (Fsp3) is 0.393. The number of aromatic nitrogens is 3. The average molecular weight is 487 g/mol. The fourth-order valence-electron chi connectivity index (χ4n) is 5.77. The number of pyridine rings is 1. The van der Waals surface area contributed by atoms with E-state index in [2.05, 4.69) is 52.0 Å². The molecule has 3 aliphatic heterocycles. The summed E-state index contributed by atoms with van der Waals surface area (Å²) in [5, 5.41) is 7.92.